The van der Waals surface area contributed by atoms with Gasteiger partial charge in [-0.15, -0.1) is 0 Å². The van der Waals surface area contributed by atoms with Gasteiger partial charge in [0.15, 0.2) is 11.5 Å². The van der Waals surface area contributed by atoms with Gasteiger partial charge in [-0.05, 0) is 43.2 Å². The molecule has 0 aliphatic carbocycles. The average molecular weight is 389 g/mol. The van der Waals surface area contributed by atoms with Gasteiger partial charge in [-0.25, -0.2) is 0 Å². The number of hydrogen-bond acceptors (Lipinski definition) is 3. The first-order chi connectivity index (χ1) is 14.1. The minimum atomic E-state index is -0.354. The van der Waals surface area contributed by atoms with Crippen LogP contribution in [0.2, 0.25) is 0 Å². The van der Waals surface area contributed by atoms with Crippen LogP contribution in [-0.2, 0) is 5.41 Å². The zero-order chi connectivity index (χ0) is 20.7. The van der Waals surface area contributed by atoms with E-state index in [1.807, 2.05) is 43.3 Å². The predicted molar refractivity (Wildman–Crippen MR) is 116 cm³/mol. The number of carbonyl (C=O) groups excluding carboxylic acids is 1. The third-order valence-corrected chi connectivity index (χ3v) is 5.15. The second kappa shape index (κ2) is 9.28. The van der Waals surface area contributed by atoms with Gasteiger partial charge in [-0.3, -0.25) is 4.79 Å². The summed E-state index contributed by atoms with van der Waals surface area (Å²) in [5.41, 5.74) is 2.48. The quantitative estimate of drug-likeness (QED) is 0.600. The highest BCUT2D eigenvalue weighted by Gasteiger charge is 2.29. The molecule has 0 atom stereocenters. The van der Waals surface area contributed by atoms with E-state index in [4.69, 9.17) is 9.47 Å². The smallest absolute Gasteiger partial charge is 0.251 e. The average Bonchev–Trinajstić information content (AvgIpc) is 2.78. The Labute approximate surface area is 172 Å². The van der Waals surface area contributed by atoms with E-state index < -0.39 is 0 Å². The van der Waals surface area contributed by atoms with Gasteiger partial charge in [0, 0.05) is 17.5 Å². The standard InChI is InChI=1S/C25H27NO3/c1-4-29-23-17-19(15-16-22(23)28-3)24(27)26-18-25(2,20-11-7-5-8-12-20)21-13-9-6-10-14-21/h5-17H,4,18H2,1-3H3,(H,26,27). The molecule has 4 nitrogen and oxygen atoms in total. The minimum absolute atomic E-state index is 0.147. The van der Waals surface area contributed by atoms with Crippen molar-refractivity contribution in [1.29, 1.82) is 0 Å². The predicted octanol–water partition coefficient (Wildman–Crippen LogP) is 4.83. The molecule has 0 aromatic heterocycles. The number of rotatable bonds is 8. The van der Waals surface area contributed by atoms with E-state index in [2.05, 4.69) is 36.5 Å². The molecule has 0 unspecified atom stereocenters. The van der Waals surface area contributed by atoms with Crippen LogP contribution >= 0.6 is 0 Å². The Morgan fingerprint density at radius 1 is 0.897 bits per heavy atom. The van der Waals surface area contributed by atoms with Gasteiger partial charge in [0.2, 0.25) is 0 Å². The van der Waals surface area contributed by atoms with Gasteiger partial charge in [-0.1, -0.05) is 60.7 Å². The molecule has 0 heterocycles. The fraction of sp³-hybridized carbons (Fsp3) is 0.240. The lowest BCUT2D eigenvalue weighted by molar-refractivity contribution is 0.0947. The van der Waals surface area contributed by atoms with Crippen molar-refractivity contribution in [3.63, 3.8) is 0 Å². The summed E-state index contributed by atoms with van der Waals surface area (Å²) >= 11 is 0. The largest absolute Gasteiger partial charge is 0.493 e. The van der Waals surface area contributed by atoms with Crippen molar-refractivity contribution in [3.8, 4) is 11.5 Å². The van der Waals surface area contributed by atoms with E-state index in [0.29, 0.717) is 30.2 Å². The Kier molecular flexibility index (Phi) is 6.55. The molecule has 29 heavy (non-hydrogen) atoms. The minimum Gasteiger partial charge on any atom is -0.493 e. The van der Waals surface area contributed by atoms with Crippen molar-refractivity contribution < 1.29 is 14.3 Å². The number of amides is 1. The Hall–Kier alpha value is -3.27. The van der Waals surface area contributed by atoms with Crippen LogP contribution in [0.15, 0.2) is 78.9 Å². The van der Waals surface area contributed by atoms with Gasteiger partial charge in [0.05, 0.1) is 13.7 Å². The van der Waals surface area contributed by atoms with Crippen LogP contribution in [-0.4, -0.2) is 26.2 Å². The van der Waals surface area contributed by atoms with Crippen LogP contribution in [0.4, 0.5) is 0 Å². The number of ether oxygens (including phenoxy) is 2. The lowest BCUT2D eigenvalue weighted by atomic mass is 9.76. The maximum absolute atomic E-state index is 12.9. The van der Waals surface area contributed by atoms with E-state index in [-0.39, 0.29) is 11.3 Å². The maximum atomic E-state index is 12.9. The van der Waals surface area contributed by atoms with Gasteiger partial charge in [0.1, 0.15) is 0 Å². The van der Waals surface area contributed by atoms with E-state index in [1.54, 1.807) is 25.3 Å². The number of methoxy groups -OCH3 is 1. The first-order valence-corrected chi connectivity index (χ1v) is 9.78. The normalized spacial score (nSPS) is 11.0. The maximum Gasteiger partial charge on any atom is 0.251 e. The molecule has 0 saturated carbocycles. The summed E-state index contributed by atoms with van der Waals surface area (Å²) in [5.74, 6) is 1.03. The summed E-state index contributed by atoms with van der Waals surface area (Å²) in [5, 5.41) is 3.11. The van der Waals surface area contributed by atoms with Crippen LogP contribution in [0.5, 0.6) is 11.5 Å². The Balaban J connectivity index is 1.85. The van der Waals surface area contributed by atoms with E-state index in [9.17, 15) is 4.79 Å². The molecule has 0 spiro atoms. The molecule has 3 aromatic rings. The molecule has 0 aliphatic rings. The molecule has 0 fully saturated rings. The summed E-state index contributed by atoms with van der Waals surface area (Å²) in [7, 11) is 1.59. The van der Waals surface area contributed by atoms with Crippen LogP contribution in [0.3, 0.4) is 0 Å². The van der Waals surface area contributed by atoms with Crippen molar-refractivity contribution in [2.75, 3.05) is 20.3 Å². The first kappa shape index (κ1) is 20.5. The number of carbonyl (C=O) groups is 1. The summed E-state index contributed by atoms with van der Waals surface area (Å²) in [6.45, 7) is 5.02. The zero-order valence-electron chi connectivity index (χ0n) is 17.1. The summed E-state index contributed by atoms with van der Waals surface area (Å²) in [6, 6.07) is 25.7. The molecule has 1 amide bonds. The number of benzene rings is 3. The molecular formula is C25H27NO3. The van der Waals surface area contributed by atoms with Crippen LogP contribution in [0.1, 0.15) is 35.3 Å². The molecule has 0 bridgehead atoms. The Morgan fingerprint density at radius 2 is 1.48 bits per heavy atom. The molecule has 3 rings (SSSR count). The topological polar surface area (TPSA) is 47.6 Å². The molecular weight excluding hydrogens is 362 g/mol. The molecule has 0 aliphatic heterocycles. The lowest BCUT2D eigenvalue weighted by Gasteiger charge is -2.31. The molecule has 0 radical (unpaired) electrons. The molecule has 4 heteroatoms. The second-order valence-electron chi connectivity index (χ2n) is 7.05. The fourth-order valence-corrected chi connectivity index (χ4v) is 3.43. The Morgan fingerprint density at radius 3 is 2.00 bits per heavy atom. The zero-order valence-corrected chi connectivity index (χ0v) is 17.1. The van der Waals surface area contributed by atoms with Crippen LogP contribution in [0.25, 0.3) is 0 Å². The van der Waals surface area contributed by atoms with Gasteiger partial charge in [-0.2, -0.15) is 0 Å². The van der Waals surface area contributed by atoms with Crippen molar-refractivity contribution in [3.05, 3.63) is 95.6 Å². The van der Waals surface area contributed by atoms with E-state index in [1.165, 1.54) is 0 Å². The highest BCUT2D eigenvalue weighted by molar-refractivity contribution is 5.95. The van der Waals surface area contributed by atoms with Crippen LogP contribution < -0.4 is 14.8 Å². The molecule has 150 valence electrons. The van der Waals surface area contributed by atoms with Gasteiger partial charge < -0.3 is 14.8 Å². The van der Waals surface area contributed by atoms with E-state index >= 15 is 0 Å². The highest BCUT2D eigenvalue weighted by atomic mass is 16.5. The van der Waals surface area contributed by atoms with Crippen molar-refractivity contribution in [2.45, 2.75) is 19.3 Å². The summed E-state index contributed by atoms with van der Waals surface area (Å²) < 4.78 is 10.9. The lowest BCUT2D eigenvalue weighted by Crippen LogP contribution is -2.39. The van der Waals surface area contributed by atoms with Gasteiger partial charge in [0.25, 0.3) is 5.91 Å². The summed E-state index contributed by atoms with van der Waals surface area (Å²) in [6.07, 6.45) is 0. The molecule has 1 N–H and O–H groups in total. The molecule has 0 saturated heterocycles. The van der Waals surface area contributed by atoms with Crippen LogP contribution in [0, 0.1) is 0 Å². The highest BCUT2D eigenvalue weighted by Crippen LogP contribution is 2.32. The second-order valence-corrected chi connectivity index (χ2v) is 7.05. The Bertz CT molecular complexity index is 899. The number of nitrogens with one attached hydrogen (secondary N) is 1. The third-order valence-electron chi connectivity index (χ3n) is 5.15. The monoisotopic (exact) mass is 389 g/mol. The SMILES string of the molecule is CCOc1cc(C(=O)NCC(C)(c2ccccc2)c2ccccc2)ccc1OC. The molecule has 3 aromatic carbocycles. The van der Waals surface area contributed by atoms with E-state index in [0.717, 1.165) is 11.1 Å². The summed E-state index contributed by atoms with van der Waals surface area (Å²) in [4.78, 5) is 12.9. The first-order valence-electron chi connectivity index (χ1n) is 9.78. The van der Waals surface area contributed by atoms with Crippen molar-refractivity contribution >= 4 is 5.91 Å². The third kappa shape index (κ3) is 4.60. The number of hydrogen-bond donors (Lipinski definition) is 1. The van der Waals surface area contributed by atoms with Gasteiger partial charge >= 0.3 is 0 Å². The van der Waals surface area contributed by atoms with Crippen molar-refractivity contribution in [1.82, 2.24) is 5.32 Å². The fourth-order valence-electron chi connectivity index (χ4n) is 3.43. The van der Waals surface area contributed by atoms with Crippen molar-refractivity contribution in [2.24, 2.45) is 0 Å².